The quantitative estimate of drug-likeness (QED) is 0.478. The molecule has 9 nitrogen and oxygen atoms in total. The summed E-state index contributed by atoms with van der Waals surface area (Å²) in [5, 5.41) is 6.42. The topological polar surface area (TPSA) is 101 Å². The van der Waals surface area contributed by atoms with Crippen LogP contribution in [0.4, 0.5) is 5.69 Å². The largest absolute Gasteiger partial charge is 0.493 e. The van der Waals surface area contributed by atoms with Gasteiger partial charge in [-0.05, 0) is 29.8 Å². The summed E-state index contributed by atoms with van der Waals surface area (Å²) in [5.41, 5.74) is 4.54. The Kier molecular flexibility index (Phi) is 8.04. The number of carbonyl (C=O) groups excluding carboxylic acids is 2. The maximum absolute atomic E-state index is 12.4. The number of hydrazone groups is 1. The molecule has 0 fully saturated rings. The van der Waals surface area contributed by atoms with Gasteiger partial charge in [-0.3, -0.25) is 9.59 Å². The van der Waals surface area contributed by atoms with Crippen molar-refractivity contribution in [3.05, 3.63) is 47.5 Å². The highest BCUT2D eigenvalue weighted by Gasteiger charge is 2.17. The van der Waals surface area contributed by atoms with E-state index in [2.05, 4.69) is 15.8 Å². The van der Waals surface area contributed by atoms with E-state index in [0.29, 0.717) is 17.2 Å². The molecule has 0 radical (unpaired) electrons. The van der Waals surface area contributed by atoms with Gasteiger partial charge in [-0.15, -0.1) is 0 Å². The van der Waals surface area contributed by atoms with Crippen LogP contribution in [0.1, 0.15) is 15.9 Å². The molecule has 9 heteroatoms. The third-order valence-corrected chi connectivity index (χ3v) is 4.15. The molecule has 160 valence electrons. The molecule has 0 unspecified atom stereocenters. The predicted octanol–water partition coefficient (Wildman–Crippen LogP) is 1.66. The van der Waals surface area contributed by atoms with Crippen molar-refractivity contribution in [1.82, 2.24) is 10.7 Å². The minimum atomic E-state index is -0.465. The highest BCUT2D eigenvalue weighted by molar-refractivity contribution is 5.97. The smallest absolute Gasteiger partial charge is 0.259 e. The van der Waals surface area contributed by atoms with Gasteiger partial charge in [0.15, 0.2) is 11.5 Å². The van der Waals surface area contributed by atoms with E-state index >= 15 is 0 Å². The summed E-state index contributed by atoms with van der Waals surface area (Å²) in [4.78, 5) is 26.3. The van der Waals surface area contributed by atoms with Gasteiger partial charge in [0.05, 0.1) is 34.1 Å². The van der Waals surface area contributed by atoms with Crippen molar-refractivity contribution in [3.8, 4) is 17.2 Å². The van der Waals surface area contributed by atoms with E-state index in [1.165, 1.54) is 39.7 Å². The Bertz CT molecular complexity index is 885. The highest BCUT2D eigenvalue weighted by Crippen LogP contribution is 2.38. The van der Waals surface area contributed by atoms with Crippen LogP contribution in [0, 0.1) is 0 Å². The Morgan fingerprint density at radius 1 is 1.00 bits per heavy atom. The second kappa shape index (κ2) is 10.7. The van der Waals surface area contributed by atoms with E-state index in [1.54, 1.807) is 0 Å². The normalized spacial score (nSPS) is 10.4. The lowest BCUT2D eigenvalue weighted by Gasteiger charge is -2.14. The first-order chi connectivity index (χ1) is 14.4. The zero-order chi connectivity index (χ0) is 22.1. The Balaban J connectivity index is 1.92. The number of anilines is 1. The Hall–Kier alpha value is -3.75. The number of amides is 2. The molecule has 2 aromatic rings. The lowest BCUT2D eigenvalue weighted by Crippen LogP contribution is -2.34. The number of methoxy groups -OCH3 is 3. The molecule has 0 aliphatic carbocycles. The summed E-state index contributed by atoms with van der Waals surface area (Å²) in [6.07, 6.45) is 1.53. The average Bonchev–Trinajstić information content (AvgIpc) is 2.76. The average molecular weight is 414 g/mol. The molecule has 2 rings (SSSR count). The molecule has 2 N–H and O–H groups in total. The van der Waals surface area contributed by atoms with Crippen LogP contribution in [0.15, 0.2) is 41.5 Å². The molecule has 0 heterocycles. The van der Waals surface area contributed by atoms with E-state index in [0.717, 1.165) is 11.3 Å². The summed E-state index contributed by atoms with van der Waals surface area (Å²) >= 11 is 0. The van der Waals surface area contributed by atoms with Crippen LogP contribution in [0.3, 0.4) is 0 Å². The fraction of sp³-hybridized carbons (Fsp3) is 0.286. The Labute approximate surface area is 175 Å². The van der Waals surface area contributed by atoms with Crippen LogP contribution < -0.4 is 29.9 Å². The lowest BCUT2D eigenvalue weighted by atomic mass is 10.1. The third kappa shape index (κ3) is 5.87. The zero-order valence-corrected chi connectivity index (χ0v) is 17.7. The molecule has 0 aromatic heterocycles. The SMILES string of the molecule is COc1cc(C(=O)NCC(=O)N/N=C/c2ccc(N(C)C)cc2)cc(OC)c1OC. The first-order valence-electron chi connectivity index (χ1n) is 9.07. The second-order valence-corrected chi connectivity index (χ2v) is 6.38. The van der Waals surface area contributed by atoms with Gasteiger partial charge in [-0.25, -0.2) is 5.43 Å². The second-order valence-electron chi connectivity index (χ2n) is 6.38. The summed E-state index contributed by atoms with van der Waals surface area (Å²) < 4.78 is 15.7. The molecule has 0 spiro atoms. The summed E-state index contributed by atoms with van der Waals surface area (Å²) in [7, 11) is 8.30. The number of rotatable bonds is 9. The Morgan fingerprint density at radius 3 is 2.10 bits per heavy atom. The number of nitrogens with one attached hydrogen (secondary N) is 2. The molecule has 0 aliphatic heterocycles. The summed E-state index contributed by atoms with van der Waals surface area (Å²) in [6, 6.07) is 10.7. The van der Waals surface area contributed by atoms with Gasteiger partial charge in [0.25, 0.3) is 11.8 Å². The minimum absolute atomic E-state index is 0.244. The van der Waals surface area contributed by atoms with Crippen molar-refractivity contribution < 1.29 is 23.8 Å². The van der Waals surface area contributed by atoms with Gasteiger partial charge >= 0.3 is 0 Å². The van der Waals surface area contributed by atoms with Gasteiger partial charge < -0.3 is 24.4 Å². The van der Waals surface area contributed by atoms with Crippen LogP contribution in [0.2, 0.25) is 0 Å². The van der Waals surface area contributed by atoms with E-state index in [4.69, 9.17) is 14.2 Å². The van der Waals surface area contributed by atoms with Gasteiger partial charge in [0, 0.05) is 25.3 Å². The molecular weight excluding hydrogens is 388 g/mol. The van der Waals surface area contributed by atoms with Crippen molar-refractivity contribution in [2.75, 3.05) is 46.9 Å². The maximum atomic E-state index is 12.4. The number of hydrogen-bond donors (Lipinski definition) is 2. The monoisotopic (exact) mass is 414 g/mol. The summed E-state index contributed by atoms with van der Waals surface area (Å²) in [6.45, 7) is -0.244. The number of carbonyl (C=O) groups is 2. The van der Waals surface area contributed by atoms with Crippen molar-refractivity contribution in [2.45, 2.75) is 0 Å². The van der Waals surface area contributed by atoms with Crippen LogP contribution in [0.25, 0.3) is 0 Å². The van der Waals surface area contributed by atoms with Gasteiger partial charge in [0.2, 0.25) is 5.75 Å². The molecule has 2 amide bonds. The number of ether oxygens (including phenoxy) is 3. The van der Waals surface area contributed by atoms with E-state index in [9.17, 15) is 9.59 Å². The fourth-order valence-electron chi connectivity index (χ4n) is 2.55. The van der Waals surface area contributed by atoms with Crippen molar-refractivity contribution in [2.24, 2.45) is 5.10 Å². The molecule has 30 heavy (non-hydrogen) atoms. The van der Waals surface area contributed by atoms with Gasteiger partial charge in [-0.1, -0.05) is 12.1 Å². The molecule has 2 aromatic carbocycles. The van der Waals surface area contributed by atoms with Crippen LogP contribution >= 0.6 is 0 Å². The fourth-order valence-corrected chi connectivity index (χ4v) is 2.55. The molecule has 0 atom stereocenters. The maximum Gasteiger partial charge on any atom is 0.259 e. The molecule has 0 aliphatic rings. The van der Waals surface area contributed by atoms with Crippen LogP contribution in [-0.4, -0.2) is 60.0 Å². The van der Waals surface area contributed by atoms with Crippen molar-refractivity contribution in [1.29, 1.82) is 0 Å². The number of benzene rings is 2. The molecular formula is C21H26N4O5. The first kappa shape index (κ1) is 22.5. The standard InChI is InChI=1S/C21H26N4O5/c1-25(2)16-8-6-14(7-9-16)12-23-24-19(26)13-22-21(27)15-10-17(28-3)20(30-5)18(11-15)29-4/h6-12H,13H2,1-5H3,(H,22,27)(H,24,26)/b23-12+. The highest BCUT2D eigenvalue weighted by atomic mass is 16.5. The van der Waals surface area contributed by atoms with Gasteiger partial charge in [0.1, 0.15) is 0 Å². The first-order valence-corrected chi connectivity index (χ1v) is 9.07. The third-order valence-electron chi connectivity index (χ3n) is 4.15. The molecule has 0 bridgehead atoms. The predicted molar refractivity (Wildman–Crippen MR) is 115 cm³/mol. The van der Waals surface area contributed by atoms with Crippen LogP contribution in [-0.2, 0) is 4.79 Å². The molecule has 0 saturated carbocycles. The molecule has 0 saturated heterocycles. The van der Waals surface area contributed by atoms with Gasteiger partial charge in [-0.2, -0.15) is 5.10 Å². The summed E-state index contributed by atoms with van der Waals surface area (Å²) in [5.74, 6) is 0.138. The van der Waals surface area contributed by atoms with Crippen LogP contribution in [0.5, 0.6) is 17.2 Å². The van der Waals surface area contributed by atoms with E-state index in [-0.39, 0.29) is 12.1 Å². The van der Waals surface area contributed by atoms with E-state index < -0.39 is 11.8 Å². The number of hydrogen-bond acceptors (Lipinski definition) is 7. The lowest BCUT2D eigenvalue weighted by molar-refractivity contribution is -0.120. The van der Waals surface area contributed by atoms with Crippen molar-refractivity contribution >= 4 is 23.7 Å². The Morgan fingerprint density at radius 2 is 1.60 bits per heavy atom. The number of nitrogens with zero attached hydrogens (tertiary/aromatic N) is 2. The van der Waals surface area contributed by atoms with Crippen molar-refractivity contribution in [3.63, 3.8) is 0 Å². The minimum Gasteiger partial charge on any atom is -0.493 e. The van der Waals surface area contributed by atoms with E-state index in [1.807, 2.05) is 43.3 Å². The zero-order valence-electron chi connectivity index (χ0n) is 17.7.